The van der Waals surface area contributed by atoms with Crippen molar-refractivity contribution in [3.63, 3.8) is 0 Å². The van der Waals surface area contributed by atoms with E-state index in [1.807, 2.05) is 0 Å². The first-order valence-corrected chi connectivity index (χ1v) is 9.19. The maximum atomic E-state index is 12.1. The molecule has 0 aliphatic carbocycles. The standard InChI is InChI=1S/C17H27N5O2/c23-16(13-21-11-5-2-4-8-17(21)24)18-10-9-15-20-19-14-7-3-1-6-12-22(14)15/h1-13H2,(H,18,23). The predicted octanol–water partition coefficient (Wildman–Crippen LogP) is 1.07. The third-order valence-corrected chi connectivity index (χ3v) is 4.86. The number of hydrogen-bond acceptors (Lipinski definition) is 4. The Morgan fingerprint density at radius 1 is 1.00 bits per heavy atom. The van der Waals surface area contributed by atoms with E-state index in [9.17, 15) is 9.59 Å². The smallest absolute Gasteiger partial charge is 0.239 e. The number of rotatable bonds is 5. The van der Waals surface area contributed by atoms with Crippen molar-refractivity contribution in [3.05, 3.63) is 11.6 Å². The van der Waals surface area contributed by atoms with Crippen LogP contribution >= 0.6 is 0 Å². The molecule has 0 unspecified atom stereocenters. The molecule has 0 aromatic carbocycles. The molecular formula is C17H27N5O2. The van der Waals surface area contributed by atoms with E-state index in [-0.39, 0.29) is 18.4 Å². The minimum absolute atomic E-state index is 0.0825. The number of nitrogens with one attached hydrogen (secondary N) is 1. The molecule has 0 radical (unpaired) electrons. The van der Waals surface area contributed by atoms with Crippen LogP contribution in [0, 0.1) is 0 Å². The molecule has 132 valence electrons. The van der Waals surface area contributed by atoms with Gasteiger partial charge in [0.25, 0.3) is 0 Å². The summed E-state index contributed by atoms with van der Waals surface area (Å²) < 4.78 is 2.21. The molecule has 1 N–H and O–H groups in total. The van der Waals surface area contributed by atoms with Crippen LogP contribution in [-0.4, -0.2) is 51.1 Å². The van der Waals surface area contributed by atoms with Crippen LogP contribution in [0.2, 0.25) is 0 Å². The molecule has 1 aromatic rings. The molecule has 0 spiro atoms. The molecule has 1 aromatic heterocycles. The van der Waals surface area contributed by atoms with Crippen LogP contribution in [-0.2, 0) is 29.0 Å². The molecule has 7 nitrogen and oxygen atoms in total. The summed E-state index contributed by atoms with van der Waals surface area (Å²) in [7, 11) is 0. The van der Waals surface area contributed by atoms with E-state index in [1.54, 1.807) is 4.90 Å². The van der Waals surface area contributed by atoms with E-state index in [4.69, 9.17) is 0 Å². The molecule has 3 heterocycles. The van der Waals surface area contributed by atoms with E-state index in [2.05, 4.69) is 20.1 Å². The number of nitrogens with zero attached hydrogens (tertiary/aromatic N) is 4. The van der Waals surface area contributed by atoms with Gasteiger partial charge >= 0.3 is 0 Å². The van der Waals surface area contributed by atoms with Gasteiger partial charge in [-0.25, -0.2) is 0 Å². The molecule has 3 rings (SSSR count). The van der Waals surface area contributed by atoms with Gasteiger partial charge < -0.3 is 14.8 Å². The van der Waals surface area contributed by atoms with Gasteiger partial charge in [0.1, 0.15) is 11.6 Å². The minimum atomic E-state index is -0.0825. The lowest BCUT2D eigenvalue weighted by molar-refractivity contribution is -0.135. The normalized spacial score (nSPS) is 18.7. The maximum Gasteiger partial charge on any atom is 0.239 e. The fourth-order valence-electron chi connectivity index (χ4n) is 3.48. The Kier molecular flexibility index (Phi) is 5.82. The van der Waals surface area contributed by atoms with Crippen molar-refractivity contribution in [2.75, 3.05) is 19.6 Å². The largest absolute Gasteiger partial charge is 0.354 e. The number of likely N-dealkylation sites (tertiary alicyclic amines) is 1. The quantitative estimate of drug-likeness (QED) is 0.874. The number of hydrogen-bond donors (Lipinski definition) is 1. The Hall–Kier alpha value is -1.92. The van der Waals surface area contributed by atoms with Gasteiger partial charge in [0.05, 0.1) is 6.54 Å². The fourth-order valence-corrected chi connectivity index (χ4v) is 3.48. The van der Waals surface area contributed by atoms with Gasteiger partial charge in [0, 0.05) is 38.9 Å². The molecule has 2 aliphatic rings. The Bertz CT molecular complexity index is 584. The van der Waals surface area contributed by atoms with Gasteiger partial charge in [0.15, 0.2) is 0 Å². The fraction of sp³-hybridized carbons (Fsp3) is 0.765. The van der Waals surface area contributed by atoms with Crippen molar-refractivity contribution < 1.29 is 9.59 Å². The van der Waals surface area contributed by atoms with Crippen LogP contribution in [0.25, 0.3) is 0 Å². The second kappa shape index (κ2) is 8.26. The zero-order valence-electron chi connectivity index (χ0n) is 14.3. The molecule has 1 saturated heterocycles. The molecule has 0 atom stereocenters. The molecule has 0 bridgehead atoms. The van der Waals surface area contributed by atoms with Crippen molar-refractivity contribution in [3.8, 4) is 0 Å². The number of carbonyl (C=O) groups excluding carboxylic acids is 2. The van der Waals surface area contributed by atoms with Gasteiger partial charge in [-0.3, -0.25) is 9.59 Å². The van der Waals surface area contributed by atoms with Crippen LogP contribution in [0.4, 0.5) is 0 Å². The average molecular weight is 333 g/mol. The lowest BCUT2D eigenvalue weighted by Crippen LogP contribution is -2.41. The van der Waals surface area contributed by atoms with Crippen LogP contribution in [0.1, 0.15) is 56.6 Å². The SMILES string of the molecule is O=C(CN1CCCCCC1=O)NCCc1nnc2n1CCCCC2. The number of aryl methyl sites for hydroxylation is 1. The van der Waals surface area contributed by atoms with Crippen molar-refractivity contribution >= 4 is 11.8 Å². The van der Waals surface area contributed by atoms with Gasteiger partial charge in [-0.15, -0.1) is 10.2 Å². The predicted molar refractivity (Wildman–Crippen MR) is 89.3 cm³/mol. The number of aromatic nitrogens is 3. The Morgan fingerprint density at radius 3 is 2.67 bits per heavy atom. The third-order valence-electron chi connectivity index (χ3n) is 4.86. The Balaban J connectivity index is 1.45. The van der Waals surface area contributed by atoms with E-state index in [1.165, 1.54) is 19.3 Å². The Morgan fingerprint density at radius 2 is 1.79 bits per heavy atom. The molecule has 2 amide bonds. The molecule has 7 heteroatoms. The summed E-state index contributed by atoms with van der Waals surface area (Å²) in [5, 5.41) is 11.5. The first-order chi connectivity index (χ1) is 11.7. The second-order valence-electron chi connectivity index (χ2n) is 6.72. The third kappa shape index (κ3) is 4.33. The highest BCUT2D eigenvalue weighted by atomic mass is 16.2. The highest BCUT2D eigenvalue weighted by Crippen LogP contribution is 2.14. The van der Waals surface area contributed by atoms with Crippen molar-refractivity contribution in [2.24, 2.45) is 0 Å². The number of fused-ring (bicyclic) bond motifs is 1. The van der Waals surface area contributed by atoms with Gasteiger partial charge in [-0.2, -0.15) is 0 Å². The number of amides is 2. The maximum absolute atomic E-state index is 12.1. The second-order valence-corrected chi connectivity index (χ2v) is 6.72. The lowest BCUT2D eigenvalue weighted by Gasteiger charge is -2.19. The van der Waals surface area contributed by atoms with E-state index in [0.717, 1.165) is 43.9 Å². The first-order valence-electron chi connectivity index (χ1n) is 9.19. The van der Waals surface area contributed by atoms with Gasteiger partial charge in [0.2, 0.25) is 11.8 Å². The van der Waals surface area contributed by atoms with E-state index in [0.29, 0.717) is 25.9 Å². The van der Waals surface area contributed by atoms with E-state index >= 15 is 0 Å². The Labute approximate surface area is 142 Å². The highest BCUT2D eigenvalue weighted by Gasteiger charge is 2.19. The molecule has 1 fully saturated rings. The molecule has 0 saturated carbocycles. The van der Waals surface area contributed by atoms with E-state index < -0.39 is 0 Å². The van der Waals surface area contributed by atoms with Crippen LogP contribution in [0.5, 0.6) is 0 Å². The summed E-state index contributed by atoms with van der Waals surface area (Å²) in [5.41, 5.74) is 0. The average Bonchev–Trinajstić information content (AvgIpc) is 2.74. The first kappa shape index (κ1) is 16.9. The summed E-state index contributed by atoms with van der Waals surface area (Å²) in [4.78, 5) is 25.7. The monoisotopic (exact) mass is 333 g/mol. The van der Waals surface area contributed by atoms with Crippen molar-refractivity contribution in [2.45, 2.75) is 64.3 Å². The minimum Gasteiger partial charge on any atom is -0.354 e. The van der Waals surface area contributed by atoms with Crippen LogP contribution in [0.15, 0.2) is 0 Å². The summed E-state index contributed by atoms with van der Waals surface area (Å²) in [5.74, 6) is 2.05. The molecule has 24 heavy (non-hydrogen) atoms. The molecule has 2 aliphatic heterocycles. The lowest BCUT2D eigenvalue weighted by atomic mass is 10.2. The van der Waals surface area contributed by atoms with Gasteiger partial charge in [-0.1, -0.05) is 12.8 Å². The summed E-state index contributed by atoms with van der Waals surface area (Å²) in [6.45, 7) is 2.40. The van der Waals surface area contributed by atoms with Crippen LogP contribution < -0.4 is 5.32 Å². The highest BCUT2D eigenvalue weighted by molar-refractivity contribution is 5.84. The zero-order valence-corrected chi connectivity index (χ0v) is 14.3. The zero-order chi connectivity index (χ0) is 16.8. The van der Waals surface area contributed by atoms with Crippen LogP contribution in [0.3, 0.4) is 0 Å². The summed E-state index contributed by atoms with van der Waals surface area (Å²) in [6, 6.07) is 0. The van der Waals surface area contributed by atoms with Gasteiger partial charge in [-0.05, 0) is 25.7 Å². The molecular weight excluding hydrogens is 306 g/mol. The summed E-state index contributed by atoms with van der Waals surface area (Å²) >= 11 is 0. The van der Waals surface area contributed by atoms with Crippen molar-refractivity contribution in [1.29, 1.82) is 0 Å². The number of carbonyl (C=O) groups is 2. The topological polar surface area (TPSA) is 80.1 Å². The van der Waals surface area contributed by atoms with Crippen molar-refractivity contribution in [1.82, 2.24) is 25.0 Å². The summed E-state index contributed by atoms with van der Waals surface area (Å²) in [6.07, 6.45) is 8.84.